The van der Waals surface area contributed by atoms with Crippen molar-refractivity contribution < 1.29 is 4.79 Å². The normalized spacial score (nSPS) is 11.7. The average molecular weight is 291 g/mol. The van der Waals surface area contributed by atoms with Gasteiger partial charge in [-0.25, -0.2) is 0 Å². The first-order valence-corrected chi connectivity index (χ1v) is 7.71. The smallest absolute Gasteiger partial charge is 0.239 e. The lowest BCUT2D eigenvalue weighted by molar-refractivity contribution is -0.126. The molecule has 4 heteroatoms. The van der Waals surface area contributed by atoms with Crippen LogP contribution in [0.1, 0.15) is 32.8 Å². The molecule has 0 saturated heterocycles. The molecule has 1 aromatic carbocycles. The zero-order chi connectivity index (χ0) is 15.7. The molecule has 0 radical (unpaired) electrons. The van der Waals surface area contributed by atoms with Gasteiger partial charge < -0.3 is 15.5 Å². The van der Waals surface area contributed by atoms with Crippen molar-refractivity contribution in [2.24, 2.45) is 0 Å². The van der Waals surface area contributed by atoms with E-state index in [0.29, 0.717) is 6.54 Å². The zero-order valence-corrected chi connectivity index (χ0v) is 13.8. The van der Waals surface area contributed by atoms with Crippen LogP contribution in [-0.4, -0.2) is 43.0 Å². The first kappa shape index (κ1) is 17.7. The van der Waals surface area contributed by atoms with Crippen molar-refractivity contribution in [1.82, 2.24) is 15.5 Å². The summed E-state index contributed by atoms with van der Waals surface area (Å²) in [6, 6.07) is 10.4. The summed E-state index contributed by atoms with van der Waals surface area (Å²) in [5, 5.41) is 6.18. The number of likely N-dealkylation sites (N-methyl/N-ethyl adjacent to an activating group) is 1. The van der Waals surface area contributed by atoms with Crippen LogP contribution >= 0.6 is 0 Å². The molecule has 0 spiro atoms. The highest BCUT2D eigenvalue weighted by molar-refractivity contribution is 5.85. The molecule has 0 bridgehead atoms. The van der Waals surface area contributed by atoms with Crippen molar-refractivity contribution in [3.63, 3.8) is 0 Å². The molecule has 0 unspecified atom stereocenters. The standard InChI is InChI=1S/C17H29N3O/c1-5-19-17(2,3)16(21)18-12-9-13-20(4)14-15-10-7-6-8-11-15/h6-8,10-11,19H,5,9,12-14H2,1-4H3,(H,18,21). The van der Waals surface area contributed by atoms with Crippen LogP contribution < -0.4 is 10.6 Å². The number of hydrogen-bond donors (Lipinski definition) is 2. The Labute approximate surface area is 128 Å². The van der Waals surface area contributed by atoms with Crippen molar-refractivity contribution in [1.29, 1.82) is 0 Å². The van der Waals surface area contributed by atoms with Gasteiger partial charge in [-0.2, -0.15) is 0 Å². The monoisotopic (exact) mass is 291 g/mol. The van der Waals surface area contributed by atoms with Crippen LogP contribution in [0.3, 0.4) is 0 Å². The van der Waals surface area contributed by atoms with Crippen LogP contribution in [0.4, 0.5) is 0 Å². The molecule has 0 fully saturated rings. The molecule has 2 N–H and O–H groups in total. The second-order valence-electron chi connectivity index (χ2n) is 5.99. The topological polar surface area (TPSA) is 44.4 Å². The Balaban J connectivity index is 2.20. The van der Waals surface area contributed by atoms with Gasteiger partial charge in [-0.05, 0) is 46.0 Å². The molecule has 0 saturated carbocycles. The third-order valence-electron chi connectivity index (χ3n) is 3.48. The van der Waals surface area contributed by atoms with Gasteiger partial charge in [0.25, 0.3) is 0 Å². The number of nitrogens with one attached hydrogen (secondary N) is 2. The number of hydrogen-bond acceptors (Lipinski definition) is 3. The van der Waals surface area contributed by atoms with Gasteiger partial charge in [0.1, 0.15) is 0 Å². The molecule has 1 amide bonds. The van der Waals surface area contributed by atoms with E-state index in [4.69, 9.17) is 0 Å². The zero-order valence-electron chi connectivity index (χ0n) is 13.8. The summed E-state index contributed by atoms with van der Waals surface area (Å²) in [6.45, 7) is 9.25. The molecule has 0 aliphatic carbocycles. The van der Waals surface area contributed by atoms with Crippen molar-refractivity contribution in [3.8, 4) is 0 Å². The lowest BCUT2D eigenvalue weighted by Gasteiger charge is -2.24. The molecule has 118 valence electrons. The summed E-state index contributed by atoms with van der Waals surface area (Å²) in [6.07, 6.45) is 0.956. The van der Waals surface area contributed by atoms with Crippen LogP contribution in [0.5, 0.6) is 0 Å². The lowest BCUT2D eigenvalue weighted by Crippen LogP contribution is -2.52. The van der Waals surface area contributed by atoms with E-state index < -0.39 is 5.54 Å². The number of benzene rings is 1. The van der Waals surface area contributed by atoms with E-state index in [1.54, 1.807) is 0 Å². The van der Waals surface area contributed by atoms with E-state index in [-0.39, 0.29) is 5.91 Å². The maximum absolute atomic E-state index is 12.0. The maximum Gasteiger partial charge on any atom is 0.239 e. The molecular formula is C17H29N3O. The molecule has 0 aliphatic heterocycles. The molecule has 4 nitrogen and oxygen atoms in total. The first-order chi connectivity index (χ1) is 9.95. The number of carbonyl (C=O) groups excluding carboxylic acids is 1. The molecule has 0 heterocycles. The van der Waals surface area contributed by atoms with Crippen LogP contribution in [-0.2, 0) is 11.3 Å². The highest BCUT2D eigenvalue weighted by atomic mass is 16.2. The van der Waals surface area contributed by atoms with E-state index in [1.807, 2.05) is 26.8 Å². The van der Waals surface area contributed by atoms with Crippen molar-refractivity contribution in [2.45, 2.75) is 39.3 Å². The first-order valence-electron chi connectivity index (χ1n) is 7.71. The van der Waals surface area contributed by atoms with E-state index in [9.17, 15) is 4.79 Å². The van der Waals surface area contributed by atoms with Gasteiger partial charge in [-0.1, -0.05) is 37.3 Å². The van der Waals surface area contributed by atoms with Gasteiger partial charge in [0.15, 0.2) is 0 Å². The molecular weight excluding hydrogens is 262 g/mol. The van der Waals surface area contributed by atoms with Crippen LogP contribution in [0, 0.1) is 0 Å². The highest BCUT2D eigenvalue weighted by Crippen LogP contribution is 2.03. The largest absolute Gasteiger partial charge is 0.354 e. The Hall–Kier alpha value is -1.39. The quantitative estimate of drug-likeness (QED) is 0.684. The third kappa shape index (κ3) is 6.74. The van der Waals surface area contributed by atoms with Gasteiger partial charge in [0.2, 0.25) is 5.91 Å². The fraction of sp³-hybridized carbons (Fsp3) is 0.588. The molecule has 1 aromatic rings. The summed E-state index contributed by atoms with van der Waals surface area (Å²) in [4.78, 5) is 14.3. The SMILES string of the molecule is CCNC(C)(C)C(=O)NCCCN(C)Cc1ccccc1. The van der Waals surface area contributed by atoms with E-state index in [1.165, 1.54) is 5.56 Å². The number of nitrogens with zero attached hydrogens (tertiary/aromatic N) is 1. The van der Waals surface area contributed by atoms with Crippen molar-refractivity contribution in [3.05, 3.63) is 35.9 Å². The minimum atomic E-state index is -0.495. The molecule has 0 atom stereocenters. The minimum absolute atomic E-state index is 0.0649. The van der Waals surface area contributed by atoms with Crippen LogP contribution in [0.15, 0.2) is 30.3 Å². The fourth-order valence-electron chi connectivity index (χ4n) is 2.27. The van der Waals surface area contributed by atoms with Gasteiger partial charge in [0, 0.05) is 13.1 Å². The molecule has 0 aromatic heterocycles. The maximum atomic E-state index is 12.0. The predicted octanol–water partition coefficient (Wildman–Crippen LogP) is 2.01. The van der Waals surface area contributed by atoms with Crippen LogP contribution in [0.25, 0.3) is 0 Å². The third-order valence-corrected chi connectivity index (χ3v) is 3.48. The Morgan fingerprint density at radius 1 is 1.24 bits per heavy atom. The summed E-state index contributed by atoms with van der Waals surface area (Å²) < 4.78 is 0. The van der Waals surface area contributed by atoms with E-state index >= 15 is 0 Å². The highest BCUT2D eigenvalue weighted by Gasteiger charge is 2.25. The van der Waals surface area contributed by atoms with Crippen molar-refractivity contribution in [2.75, 3.05) is 26.7 Å². The second-order valence-corrected chi connectivity index (χ2v) is 5.99. The summed E-state index contributed by atoms with van der Waals surface area (Å²) in [7, 11) is 2.11. The molecule has 1 rings (SSSR count). The van der Waals surface area contributed by atoms with Gasteiger partial charge in [0.05, 0.1) is 5.54 Å². The van der Waals surface area contributed by atoms with Crippen molar-refractivity contribution >= 4 is 5.91 Å². The number of rotatable bonds is 9. The predicted molar refractivity (Wildman–Crippen MR) is 88.2 cm³/mol. The summed E-state index contributed by atoms with van der Waals surface area (Å²) in [5.74, 6) is 0.0649. The summed E-state index contributed by atoms with van der Waals surface area (Å²) in [5.41, 5.74) is 0.822. The second kappa shape index (κ2) is 8.80. The Bertz CT molecular complexity index is 417. The fourth-order valence-corrected chi connectivity index (χ4v) is 2.27. The van der Waals surface area contributed by atoms with Crippen LogP contribution in [0.2, 0.25) is 0 Å². The average Bonchev–Trinajstić information content (AvgIpc) is 2.44. The minimum Gasteiger partial charge on any atom is -0.354 e. The Morgan fingerprint density at radius 2 is 1.90 bits per heavy atom. The van der Waals surface area contributed by atoms with E-state index in [0.717, 1.165) is 26.1 Å². The number of amides is 1. The molecule has 21 heavy (non-hydrogen) atoms. The molecule has 0 aliphatic rings. The summed E-state index contributed by atoms with van der Waals surface area (Å²) >= 11 is 0. The Morgan fingerprint density at radius 3 is 2.52 bits per heavy atom. The lowest BCUT2D eigenvalue weighted by atomic mass is 10.0. The van der Waals surface area contributed by atoms with Gasteiger partial charge in [-0.3, -0.25) is 4.79 Å². The van der Waals surface area contributed by atoms with Gasteiger partial charge >= 0.3 is 0 Å². The Kier molecular flexibility index (Phi) is 7.40. The number of carbonyl (C=O) groups is 1. The van der Waals surface area contributed by atoms with E-state index in [2.05, 4.69) is 46.8 Å². The van der Waals surface area contributed by atoms with Gasteiger partial charge in [-0.15, -0.1) is 0 Å².